The summed E-state index contributed by atoms with van der Waals surface area (Å²) in [5, 5.41) is 24.0. The molecule has 0 radical (unpaired) electrons. The second-order valence-electron chi connectivity index (χ2n) is 10.7. The Hall–Kier alpha value is -4.39. The van der Waals surface area contributed by atoms with Crippen LogP contribution in [0, 0.1) is 0 Å². The van der Waals surface area contributed by atoms with Gasteiger partial charge in [-0.25, -0.2) is 9.59 Å². The number of benzene rings is 2. The number of methoxy groups -OCH3 is 1. The molecule has 224 valence electrons. The molecule has 3 unspecified atom stereocenters. The van der Waals surface area contributed by atoms with Crippen LogP contribution < -0.4 is 21.4 Å². The van der Waals surface area contributed by atoms with Crippen molar-refractivity contribution in [1.29, 1.82) is 0 Å². The van der Waals surface area contributed by atoms with Crippen molar-refractivity contribution in [2.45, 2.75) is 64.3 Å². The zero-order valence-corrected chi connectivity index (χ0v) is 23.9. The monoisotopic (exact) mass is 582 g/mol. The smallest absolute Gasteiger partial charge is 0.404 e. The van der Waals surface area contributed by atoms with Gasteiger partial charge in [0.05, 0.1) is 5.60 Å². The number of amides is 2. The lowest BCUT2D eigenvalue weighted by Gasteiger charge is -2.47. The van der Waals surface area contributed by atoms with Gasteiger partial charge in [-0.15, -0.1) is 0 Å². The van der Waals surface area contributed by atoms with Crippen molar-refractivity contribution in [1.82, 2.24) is 0 Å². The predicted molar refractivity (Wildman–Crippen MR) is 153 cm³/mol. The molecule has 0 aliphatic carbocycles. The Morgan fingerprint density at radius 2 is 1.88 bits per heavy atom. The van der Waals surface area contributed by atoms with E-state index >= 15 is 0 Å². The minimum absolute atomic E-state index is 0.0661. The zero-order valence-electron chi connectivity index (χ0n) is 23.9. The molecule has 0 bridgehead atoms. The van der Waals surface area contributed by atoms with Crippen LogP contribution in [-0.2, 0) is 20.6 Å². The van der Waals surface area contributed by atoms with E-state index in [0.717, 1.165) is 5.57 Å². The van der Waals surface area contributed by atoms with Gasteiger partial charge in [0.15, 0.2) is 12.2 Å². The molecule has 0 saturated carbocycles. The number of primary amides is 1. The average Bonchev–Trinajstić information content (AvgIpc) is 2.91. The van der Waals surface area contributed by atoms with Gasteiger partial charge in [-0.05, 0) is 76.1 Å². The minimum Gasteiger partial charge on any atom is -0.508 e. The second-order valence-corrected chi connectivity index (χ2v) is 10.7. The van der Waals surface area contributed by atoms with E-state index < -0.39 is 47.8 Å². The Labute approximate surface area is 241 Å². The Bertz CT molecular complexity index is 1570. The maximum atomic E-state index is 12.9. The van der Waals surface area contributed by atoms with Gasteiger partial charge in [0, 0.05) is 24.1 Å². The molecule has 42 heavy (non-hydrogen) atoms. The number of carbonyl (C=O) groups excluding carboxylic acids is 2. The molecule has 0 spiro atoms. The summed E-state index contributed by atoms with van der Waals surface area (Å²) in [6.07, 6.45) is -3.48. The molecule has 1 fully saturated rings. The van der Waals surface area contributed by atoms with Crippen molar-refractivity contribution in [2.75, 3.05) is 12.4 Å². The van der Waals surface area contributed by atoms with E-state index in [0.29, 0.717) is 17.4 Å². The summed E-state index contributed by atoms with van der Waals surface area (Å²) in [5.41, 5.74) is 5.31. The first kappa shape index (κ1) is 30.6. The Morgan fingerprint density at radius 3 is 2.55 bits per heavy atom. The van der Waals surface area contributed by atoms with Crippen LogP contribution in [0.15, 0.2) is 63.3 Å². The number of aromatic hydroxyl groups is 1. The number of ether oxygens (including phenoxy) is 4. The van der Waals surface area contributed by atoms with E-state index in [2.05, 4.69) is 5.32 Å². The van der Waals surface area contributed by atoms with Crippen molar-refractivity contribution in [3.8, 4) is 11.5 Å². The van der Waals surface area contributed by atoms with Crippen LogP contribution >= 0.6 is 0 Å². The topological polar surface area (TPSA) is 180 Å². The molecule has 3 aromatic rings. The molecule has 12 nitrogen and oxygen atoms in total. The molecule has 1 aliphatic rings. The van der Waals surface area contributed by atoms with Crippen LogP contribution in [0.1, 0.15) is 43.6 Å². The van der Waals surface area contributed by atoms with Crippen molar-refractivity contribution in [2.24, 2.45) is 5.73 Å². The molecule has 1 saturated heterocycles. The number of aliphatic hydroxyl groups excluding tert-OH is 1. The number of phenols is 1. The summed E-state index contributed by atoms with van der Waals surface area (Å²) in [6, 6.07) is 10.5. The lowest BCUT2D eigenvalue weighted by atomic mass is 9.89. The number of allylic oxidation sites excluding steroid dienone is 2. The number of carbonyl (C=O) groups is 2. The zero-order chi connectivity index (χ0) is 30.8. The summed E-state index contributed by atoms with van der Waals surface area (Å²) in [7, 11) is 1.39. The number of rotatable bonds is 8. The Kier molecular flexibility index (Phi) is 8.90. The maximum Gasteiger partial charge on any atom is 0.404 e. The van der Waals surface area contributed by atoms with E-state index in [-0.39, 0.29) is 28.3 Å². The number of aliphatic hydroxyl groups is 1. The van der Waals surface area contributed by atoms with Crippen LogP contribution in [0.3, 0.4) is 0 Å². The first-order valence-electron chi connectivity index (χ1n) is 13.1. The fourth-order valence-corrected chi connectivity index (χ4v) is 4.73. The Morgan fingerprint density at radius 1 is 1.14 bits per heavy atom. The minimum atomic E-state index is -1.46. The highest BCUT2D eigenvalue weighted by Crippen LogP contribution is 2.35. The van der Waals surface area contributed by atoms with Crippen LogP contribution in [0.25, 0.3) is 11.0 Å². The SMILES string of the molecule is CO[C@@H]1C(OC(N)=O)C(O)C(Oc2ccc3cc(NC(=O)c4ccc(O)c(CC=C(C)C)c4)c(=O)oc3c2)OC1(C)C. The van der Waals surface area contributed by atoms with Gasteiger partial charge >= 0.3 is 11.7 Å². The number of nitrogens with two attached hydrogens (primary N) is 1. The highest BCUT2D eigenvalue weighted by atomic mass is 16.7. The Balaban J connectivity index is 1.54. The maximum absolute atomic E-state index is 12.9. The van der Waals surface area contributed by atoms with Crippen LogP contribution in [0.2, 0.25) is 0 Å². The van der Waals surface area contributed by atoms with E-state index in [1.807, 2.05) is 19.9 Å². The number of fused-ring (bicyclic) bond motifs is 1. The van der Waals surface area contributed by atoms with Crippen molar-refractivity contribution in [3.63, 3.8) is 0 Å². The summed E-state index contributed by atoms with van der Waals surface area (Å²) in [4.78, 5) is 37.1. The fraction of sp³-hybridized carbons (Fsp3) is 0.367. The normalized spacial score (nSPS) is 21.4. The van der Waals surface area contributed by atoms with Gasteiger partial charge in [0.1, 0.15) is 28.9 Å². The van der Waals surface area contributed by atoms with Gasteiger partial charge in [-0.3, -0.25) is 4.79 Å². The molecule has 4 rings (SSSR count). The lowest BCUT2D eigenvalue weighted by molar-refractivity contribution is -0.304. The molecule has 2 heterocycles. The molecule has 1 aliphatic heterocycles. The second kappa shape index (κ2) is 12.2. The standard InChI is InChI=1S/C30H34N2O10/c1-15(2)6-7-16-12-18(9-11-21(16)33)26(35)32-20-13-17-8-10-19(14-22(17)40-27(20)36)39-28-23(34)24(41-29(31)37)25(38-5)30(3,4)42-28/h6,8-14,23-25,28,33-34H,7H2,1-5H3,(H2,31,37)(H,32,35)/t23?,24?,25-,28?/m1/s1. The van der Waals surface area contributed by atoms with E-state index in [4.69, 9.17) is 29.1 Å². The van der Waals surface area contributed by atoms with Crippen LogP contribution in [0.4, 0.5) is 10.5 Å². The van der Waals surface area contributed by atoms with Gasteiger partial charge in [0.25, 0.3) is 5.91 Å². The van der Waals surface area contributed by atoms with Gasteiger partial charge in [-0.2, -0.15) is 0 Å². The molecule has 2 aromatic carbocycles. The summed E-state index contributed by atoms with van der Waals surface area (Å²) in [5.74, 6) is -0.298. The summed E-state index contributed by atoms with van der Waals surface area (Å²) in [6.45, 7) is 7.23. The molecule has 12 heteroatoms. The van der Waals surface area contributed by atoms with Crippen LogP contribution in [-0.4, -0.2) is 59.5 Å². The number of nitrogens with one attached hydrogen (secondary N) is 1. The van der Waals surface area contributed by atoms with Gasteiger partial charge < -0.3 is 44.6 Å². The van der Waals surface area contributed by atoms with Crippen LogP contribution in [0.5, 0.6) is 11.5 Å². The molecule has 1 aromatic heterocycles. The quantitative estimate of drug-likeness (QED) is 0.226. The summed E-state index contributed by atoms with van der Waals surface area (Å²) < 4.78 is 27.7. The summed E-state index contributed by atoms with van der Waals surface area (Å²) >= 11 is 0. The van der Waals surface area contributed by atoms with E-state index in [1.54, 1.807) is 32.0 Å². The number of hydrogen-bond donors (Lipinski definition) is 4. The third-order valence-corrected chi connectivity index (χ3v) is 6.80. The highest BCUT2D eigenvalue weighted by molar-refractivity contribution is 6.05. The number of phenolic OH excluding ortho intramolecular Hbond substituents is 1. The fourth-order valence-electron chi connectivity index (χ4n) is 4.73. The first-order chi connectivity index (χ1) is 19.8. The third kappa shape index (κ3) is 6.73. The molecular formula is C30H34N2O10. The highest BCUT2D eigenvalue weighted by Gasteiger charge is 2.53. The third-order valence-electron chi connectivity index (χ3n) is 6.80. The van der Waals surface area contributed by atoms with Crippen molar-refractivity contribution < 1.29 is 43.2 Å². The van der Waals surface area contributed by atoms with Crippen molar-refractivity contribution in [3.05, 3.63) is 75.7 Å². The average molecular weight is 583 g/mol. The largest absolute Gasteiger partial charge is 0.508 e. The van der Waals surface area contributed by atoms with E-state index in [1.165, 1.54) is 31.4 Å². The number of anilines is 1. The predicted octanol–water partition coefficient (Wildman–Crippen LogP) is 3.61. The molecular weight excluding hydrogens is 548 g/mol. The molecule has 4 atom stereocenters. The first-order valence-corrected chi connectivity index (χ1v) is 13.1. The molecule has 2 amide bonds. The van der Waals surface area contributed by atoms with Crippen molar-refractivity contribution >= 4 is 28.7 Å². The van der Waals surface area contributed by atoms with E-state index in [9.17, 15) is 24.6 Å². The number of hydrogen-bond acceptors (Lipinski definition) is 10. The molecule has 5 N–H and O–H groups in total. The lowest BCUT2D eigenvalue weighted by Crippen LogP contribution is -2.65. The van der Waals surface area contributed by atoms with Gasteiger partial charge in [0.2, 0.25) is 6.29 Å². The van der Waals surface area contributed by atoms with Gasteiger partial charge in [-0.1, -0.05) is 11.6 Å².